The average molecular weight is 492 g/mol. The number of aromatic amines is 1. The monoisotopic (exact) mass is 491 g/mol. The molecule has 1 N–H and O–H groups in total. The molecule has 188 valence electrons. The van der Waals surface area contributed by atoms with Gasteiger partial charge in [-0.05, 0) is 61.7 Å². The molecule has 0 bridgehead atoms. The van der Waals surface area contributed by atoms with Gasteiger partial charge in [0.05, 0.1) is 25.5 Å². The Hall–Kier alpha value is -3.72. The minimum absolute atomic E-state index is 0.118. The second kappa shape index (κ2) is 9.73. The number of piperidine rings is 1. The second-order valence-corrected chi connectivity index (χ2v) is 9.35. The van der Waals surface area contributed by atoms with Crippen LogP contribution in [0.1, 0.15) is 30.9 Å². The van der Waals surface area contributed by atoms with Crippen LogP contribution < -0.4 is 4.74 Å². The first-order chi connectivity index (χ1) is 17.4. The number of nitrogens with one attached hydrogen (secondary N) is 1. The maximum absolute atomic E-state index is 13.7. The zero-order valence-corrected chi connectivity index (χ0v) is 20.5. The highest BCUT2D eigenvalue weighted by Gasteiger charge is 2.57. The molecular formula is C27H30FN5O3. The molecule has 0 radical (unpaired) electrons. The van der Waals surface area contributed by atoms with E-state index in [0.717, 1.165) is 22.4 Å². The molecule has 0 aliphatic carbocycles. The highest BCUT2D eigenvalue weighted by Crippen LogP contribution is 2.38. The molecule has 3 amide bonds. The van der Waals surface area contributed by atoms with Crippen molar-refractivity contribution in [3.8, 4) is 17.0 Å². The van der Waals surface area contributed by atoms with Gasteiger partial charge in [-0.15, -0.1) is 0 Å². The summed E-state index contributed by atoms with van der Waals surface area (Å²) >= 11 is 0. The van der Waals surface area contributed by atoms with Crippen LogP contribution in [0.15, 0.2) is 54.7 Å². The Balaban J connectivity index is 1.29. The Morgan fingerprint density at radius 1 is 1.08 bits per heavy atom. The predicted molar refractivity (Wildman–Crippen MR) is 133 cm³/mol. The number of likely N-dealkylation sites (tertiary alicyclic amines) is 1. The molecule has 36 heavy (non-hydrogen) atoms. The van der Waals surface area contributed by atoms with Gasteiger partial charge in [0.1, 0.15) is 17.1 Å². The molecule has 1 spiro atoms. The third-order valence-electron chi connectivity index (χ3n) is 7.34. The summed E-state index contributed by atoms with van der Waals surface area (Å²) in [5.74, 6) is 0.297. The van der Waals surface area contributed by atoms with Crippen LogP contribution in [0.5, 0.6) is 5.75 Å². The molecular weight excluding hydrogens is 461 g/mol. The lowest BCUT2D eigenvalue weighted by molar-refractivity contribution is -0.136. The van der Waals surface area contributed by atoms with Crippen molar-refractivity contribution >= 4 is 11.9 Å². The van der Waals surface area contributed by atoms with Crippen LogP contribution in [0.2, 0.25) is 0 Å². The molecule has 2 saturated heterocycles. The van der Waals surface area contributed by atoms with Crippen molar-refractivity contribution in [2.75, 3.05) is 26.7 Å². The number of methoxy groups -OCH3 is 1. The number of halogens is 1. The van der Waals surface area contributed by atoms with Gasteiger partial charge >= 0.3 is 6.03 Å². The van der Waals surface area contributed by atoms with Crippen molar-refractivity contribution in [1.29, 1.82) is 0 Å². The topological polar surface area (TPSA) is 81.8 Å². The van der Waals surface area contributed by atoms with Crippen molar-refractivity contribution in [3.05, 3.63) is 71.7 Å². The number of carbonyl (C=O) groups excluding carboxylic acids is 2. The van der Waals surface area contributed by atoms with Crippen molar-refractivity contribution in [1.82, 2.24) is 24.9 Å². The van der Waals surface area contributed by atoms with Gasteiger partial charge in [0.2, 0.25) is 0 Å². The van der Waals surface area contributed by atoms with E-state index in [4.69, 9.17) is 4.74 Å². The number of hydrogen-bond acceptors (Lipinski definition) is 5. The number of amides is 3. The molecule has 3 aromatic rings. The Morgan fingerprint density at radius 2 is 1.83 bits per heavy atom. The van der Waals surface area contributed by atoms with Gasteiger partial charge in [0.15, 0.2) is 0 Å². The molecule has 5 rings (SSSR count). The zero-order chi connectivity index (χ0) is 25.3. The number of likely N-dealkylation sites (N-methyl/N-ethyl adjacent to an activating group) is 1. The number of ether oxygens (including phenoxy) is 1. The van der Waals surface area contributed by atoms with Crippen LogP contribution in [0, 0.1) is 5.82 Å². The molecule has 3 heterocycles. The minimum atomic E-state index is -0.808. The predicted octanol–water partition coefficient (Wildman–Crippen LogP) is 4.04. The standard InChI is InChI=1S/C27H30FN5O3/c1-3-33-26(35)32(17-19-5-4-6-23(15-19)36-2)25(34)27(33)11-13-31(14-12-27)18-21-16-29-30-24(21)20-7-9-22(28)10-8-20/h4-10,15-16H,3,11-14,17-18H2,1-2H3,(H,29,30). The van der Waals surface area contributed by atoms with Gasteiger partial charge in [-0.25, -0.2) is 9.18 Å². The summed E-state index contributed by atoms with van der Waals surface area (Å²) in [6.45, 7) is 4.64. The Labute approximate surface area is 209 Å². The van der Waals surface area contributed by atoms with Crippen molar-refractivity contribution < 1.29 is 18.7 Å². The Morgan fingerprint density at radius 3 is 2.53 bits per heavy atom. The van der Waals surface area contributed by atoms with Crippen LogP contribution in [-0.4, -0.2) is 69.1 Å². The fourth-order valence-electron chi connectivity index (χ4n) is 5.42. The third kappa shape index (κ3) is 4.24. The van der Waals surface area contributed by atoms with Gasteiger partial charge in [-0.2, -0.15) is 5.10 Å². The van der Waals surface area contributed by atoms with Gasteiger partial charge in [-0.3, -0.25) is 19.7 Å². The lowest BCUT2D eigenvalue weighted by Gasteiger charge is -2.41. The average Bonchev–Trinajstić information content (AvgIpc) is 3.43. The SMILES string of the molecule is CCN1C(=O)N(Cc2cccc(OC)c2)C(=O)C12CCN(Cc1cn[nH]c1-c1ccc(F)cc1)CC2. The minimum Gasteiger partial charge on any atom is -0.497 e. The summed E-state index contributed by atoms with van der Waals surface area (Å²) in [5.41, 5.74) is 2.80. The van der Waals surface area contributed by atoms with E-state index < -0.39 is 5.54 Å². The first kappa shape index (κ1) is 24.0. The van der Waals surface area contributed by atoms with Crippen molar-refractivity contribution in [2.45, 2.75) is 38.4 Å². The van der Waals surface area contributed by atoms with Crippen LogP contribution in [-0.2, 0) is 17.9 Å². The maximum Gasteiger partial charge on any atom is 0.327 e. The number of imide groups is 1. The summed E-state index contributed by atoms with van der Waals surface area (Å²) in [4.78, 5) is 32.4. The zero-order valence-electron chi connectivity index (χ0n) is 20.5. The third-order valence-corrected chi connectivity index (χ3v) is 7.34. The summed E-state index contributed by atoms with van der Waals surface area (Å²) in [6.07, 6.45) is 2.94. The molecule has 2 fully saturated rings. The summed E-state index contributed by atoms with van der Waals surface area (Å²) in [6, 6.07) is 13.6. The van der Waals surface area contributed by atoms with E-state index in [1.165, 1.54) is 17.0 Å². The quantitative estimate of drug-likeness (QED) is 0.505. The maximum atomic E-state index is 13.7. The van der Waals surface area contributed by atoms with Gasteiger partial charge < -0.3 is 9.64 Å². The van der Waals surface area contributed by atoms with Crippen LogP contribution in [0.3, 0.4) is 0 Å². The summed E-state index contributed by atoms with van der Waals surface area (Å²) < 4.78 is 18.6. The molecule has 2 aromatic carbocycles. The van der Waals surface area contributed by atoms with Crippen molar-refractivity contribution in [2.24, 2.45) is 0 Å². The van der Waals surface area contributed by atoms with Gasteiger partial charge in [0.25, 0.3) is 5.91 Å². The first-order valence-corrected chi connectivity index (χ1v) is 12.2. The molecule has 0 unspecified atom stereocenters. The summed E-state index contributed by atoms with van der Waals surface area (Å²) in [5, 5.41) is 7.22. The van der Waals surface area contributed by atoms with E-state index in [2.05, 4.69) is 15.1 Å². The lowest BCUT2D eigenvalue weighted by atomic mass is 9.85. The number of aromatic nitrogens is 2. The van der Waals surface area contributed by atoms with E-state index >= 15 is 0 Å². The molecule has 8 nitrogen and oxygen atoms in total. The van der Waals surface area contributed by atoms with Gasteiger partial charge in [-0.1, -0.05) is 12.1 Å². The number of benzene rings is 2. The second-order valence-electron chi connectivity index (χ2n) is 9.35. The molecule has 0 atom stereocenters. The normalized spacial score (nSPS) is 17.9. The number of H-pyrrole nitrogens is 1. The molecule has 1 aromatic heterocycles. The van der Waals surface area contributed by atoms with E-state index in [1.807, 2.05) is 31.2 Å². The molecule has 2 aliphatic heterocycles. The Bertz CT molecular complexity index is 1250. The van der Waals surface area contributed by atoms with Crippen LogP contribution >= 0.6 is 0 Å². The summed E-state index contributed by atoms with van der Waals surface area (Å²) in [7, 11) is 1.60. The van der Waals surface area contributed by atoms with E-state index in [0.29, 0.717) is 44.8 Å². The molecule has 9 heteroatoms. The van der Waals surface area contributed by atoms with Gasteiger partial charge in [0, 0.05) is 37.3 Å². The largest absolute Gasteiger partial charge is 0.497 e. The van der Waals surface area contributed by atoms with E-state index in [-0.39, 0.29) is 24.3 Å². The number of rotatable bonds is 7. The highest BCUT2D eigenvalue weighted by molar-refractivity contribution is 6.07. The fourth-order valence-corrected chi connectivity index (χ4v) is 5.42. The molecule has 2 aliphatic rings. The number of hydrogen-bond donors (Lipinski definition) is 1. The Kier molecular flexibility index (Phi) is 6.49. The first-order valence-electron chi connectivity index (χ1n) is 12.2. The van der Waals surface area contributed by atoms with E-state index in [1.54, 1.807) is 30.3 Å². The number of nitrogens with zero attached hydrogens (tertiary/aromatic N) is 4. The smallest absolute Gasteiger partial charge is 0.327 e. The lowest BCUT2D eigenvalue weighted by Crippen LogP contribution is -2.56. The number of carbonyl (C=O) groups is 2. The van der Waals surface area contributed by atoms with E-state index in [9.17, 15) is 14.0 Å². The number of urea groups is 1. The van der Waals surface area contributed by atoms with Crippen LogP contribution in [0.4, 0.5) is 9.18 Å². The highest BCUT2D eigenvalue weighted by atomic mass is 19.1. The van der Waals surface area contributed by atoms with Crippen molar-refractivity contribution in [3.63, 3.8) is 0 Å². The fraction of sp³-hybridized carbons (Fsp3) is 0.370. The van der Waals surface area contributed by atoms with Crippen LogP contribution in [0.25, 0.3) is 11.3 Å². The molecule has 0 saturated carbocycles.